The third kappa shape index (κ3) is 3.09. The third-order valence-corrected chi connectivity index (χ3v) is 5.80. The highest BCUT2D eigenvalue weighted by atomic mass is 32.1. The minimum atomic E-state index is 0.0241. The number of amides is 1. The molecule has 6 heteroatoms. The molecule has 1 amide bonds. The van der Waals surface area contributed by atoms with Gasteiger partial charge in [-0.2, -0.15) is 0 Å². The molecule has 0 aliphatic carbocycles. The number of nitrogens with zero attached hydrogens (tertiary/aromatic N) is 3. The number of rotatable bonds is 3. The predicted molar refractivity (Wildman–Crippen MR) is 102 cm³/mol. The maximum Gasteiger partial charge on any atom is 0.224 e. The second kappa shape index (κ2) is 6.80. The van der Waals surface area contributed by atoms with Crippen molar-refractivity contribution in [3.05, 3.63) is 42.7 Å². The summed E-state index contributed by atoms with van der Waals surface area (Å²) in [6.07, 6.45) is 3.56. The summed E-state index contributed by atoms with van der Waals surface area (Å²) in [5, 5.41) is 3.85. The largest absolute Gasteiger partial charge is 0.359 e. The maximum absolute atomic E-state index is 12.0. The number of hydrogen-bond donors (Lipinski definition) is 1. The predicted octanol–water partition coefficient (Wildman–Crippen LogP) is 3.32. The molecule has 1 aromatic carbocycles. The highest BCUT2D eigenvalue weighted by Crippen LogP contribution is 2.36. The minimum Gasteiger partial charge on any atom is -0.359 e. The first-order valence-corrected chi connectivity index (χ1v) is 9.34. The molecule has 1 unspecified atom stereocenters. The first-order valence-electron chi connectivity index (χ1n) is 8.53. The summed E-state index contributed by atoms with van der Waals surface area (Å²) in [6.45, 7) is 1.64. The smallest absolute Gasteiger partial charge is 0.224 e. The normalized spacial score (nSPS) is 17.6. The lowest BCUT2D eigenvalue weighted by atomic mass is 9.97. The van der Waals surface area contributed by atoms with E-state index < -0.39 is 0 Å². The SMILES string of the molecule is CNC(=O)C1CCCN(c2ncnc3sc(-c4ccccc4)cc23)C1. The van der Waals surface area contributed by atoms with Crippen molar-refractivity contribution in [1.82, 2.24) is 15.3 Å². The van der Waals surface area contributed by atoms with Crippen molar-refractivity contribution in [2.24, 2.45) is 5.92 Å². The average molecular weight is 352 g/mol. The highest BCUT2D eigenvalue weighted by molar-refractivity contribution is 7.21. The van der Waals surface area contributed by atoms with Gasteiger partial charge in [0.25, 0.3) is 0 Å². The fraction of sp³-hybridized carbons (Fsp3) is 0.316. The van der Waals surface area contributed by atoms with E-state index in [0.717, 1.165) is 35.4 Å². The van der Waals surface area contributed by atoms with Crippen LogP contribution in [0, 0.1) is 5.92 Å². The van der Waals surface area contributed by atoms with Crippen LogP contribution in [0.25, 0.3) is 20.7 Å². The van der Waals surface area contributed by atoms with Gasteiger partial charge in [-0.15, -0.1) is 11.3 Å². The van der Waals surface area contributed by atoms with Gasteiger partial charge in [0.1, 0.15) is 17.0 Å². The van der Waals surface area contributed by atoms with Crippen LogP contribution in [-0.4, -0.2) is 36.0 Å². The van der Waals surface area contributed by atoms with Crippen molar-refractivity contribution in [1.29, 1.82) is 0 Å². The van der Waals surface area contributed by atoms with E-state index in [-0.39, 0.29) is 11.8 Å². The van der Waals surface area contributed by atoms with Gasteiger partial charge in [-0.05, 0) is 24.5 Å². The van der Waals surface area contributed by atoms with Crippen LogP contribution in [-0.2, 0) is 4.79 Å². The number of aromatic nitrogens is 2. The fourth-order valence-corrected chi connectivity index (χ4v) is 4.43. The standard InChI is InChI=1S/C19H20N4OS/c1-20-18(24)14-8-5-9-23(11-14)17-15-10-16(13-6-3-2-4-7-13)25-19(15)22-12-21-17/h2-4,6-7,10,12,14H,5,8-9,11H2,1H3,(H,20,24). The summed E-state index contributed by atoms with van der Waals surface area (Å²) in [5.41, 5.74) is 1.19. The van der Waals surface area contributed by atoms with E-state index >= 15 is 0 Å². The van der Waals surface area contributed by atoms with E-state index in [4.69, 9.17) is 0 Å². The zero-order valence-electron chi connectivity index (χ0n) is 14.1. The molecule has 0 spiro atoms. The van der Waals surface area contributed by atoms with Gasteiger partial charge in [0.2, 0.25) is 5.91 Å². The van der Waals surface area contributed by atoms with Crippen LogP contribution < -0.4 is 10.2 Å². The number of fused-ring (bicyclic) bond motifs is 1. The van der Waals surface area contributed by atoms with E-state index in [1.54, 1.807) is 24.7 Å². The van der Waals surface area contributed by atoms with E-state index in [1.807, 2.05) is 18.2 Å². The zero-order chi connectivity index (χ0) is 17.2. The second-order valence-corrected chi connectivity index (χ2v) is 7.32. The molecule has 1 aliphatic rings. The zero-order valence-corrected chi connectivity index (χ0v) is 14.9. The number of thiophene rings is 1. The van der Waals surface area contributed by atoms with Crippen LogP contribution in [0.5, 0.6) is 0 Å². The number of carbonyl (C=O) groups is 1. The molecule has 0 saturated carbocycles. The molecule has 3 heterocycles. The van der Waals surface area contributed by atoms with Crippen molar-refractivity contribution < 1.29 is 4.79 Å². The van der Waals surface area contributed by atoms with Gasteiger partial charge in [-0.3, -0.25) is 4.79 Å². The Balaban J connectivity index is 1.70. The molecule has 3 aromatic rings. The summed E-state index contributed by atoms with van der Waals surface area (Å²) in [5.74, 6) is 1.08. The summed E-state index contributed by atoms with van der Waals surface area (Å²) < 4.78 is 0. The number of hydrogen-bond acceptors (Lipinski definition) is 5. The van der Waals surface area contributed by atoms with Crippen LogP contribution in [0.3, 0.4) is 0 Å². The fourth-order valence-electron chi connectivity index (χ4n) is 3.43. The van der Waals surface area contributed by atoms with Gasteiger partial charge in [0.05, 0.1) is 11.3 Å². The Morgan fingerprint density at radius 1 is 1.28 bits per heavy atom. The molecule has 1 aliphatic heterocycles. The molecule has 1 saturated heterocycles. The topological polar surface area (TPSA) is 58.1 Å². The Morgan fingerprint density at radius 2 is 2.12 bits per heavy atom. The Labute approximate surface area is 150 Å². The molecule has 1 atom stereocenters. The van der Waals surface area contributed by atoms with Crippen LogP contribution in [0.4, 0.5) is 5.82 Å². The third-order valence-electron chi connectivity index (χ3n) is 4.70. The number of piperidine rings is 1. The quantitative estimate of drug-likeness (QED) is 0.786. The van der Waals surface area contributed by atoms with E-state index in [0.29, 0.717) is 6.54 Å². The lowest BCUT2D eigenvalue weighted by Gasteiger charge is -2.32. The van der Waals surface area contributed by atoms with Gasteiger partial charge in [-0.25, -0.2) is 9.97 Å². The number of nitrogens with one attached hydrogen (secondary N) is 1. The Kier molecular flexibility index (Phi) is 4.36. The number of anilines is 1. The molecule has 1 fully saturated rings. The summed E-state index contributed by atoms with van der Waals surface area (Å²) >= 11 is 1.68. The van der Waals surface area contributed by atoms with Crippen molar-refractivity contribution >= 4 is 33.3 Å². The van der Waals surface area contributed by atoms with Crippen molar-refractivity contribution in [2.75, 3.05) is 25.0 Å². The first kappa shape index (κ1) is 16.0. The Bertz CT molecular complexity index is 893. The average Bonchev–Trinajstić information content (AvgIpc) is 3.12. The van der Waals surface area contributed by atoms with E-state index in [2.05, 4.69) is 38.4 Å². The molecule has 2 aromatic heterocycles. The highest BCUT2D eigenvalue weighted by Gasteiger charge is 2.27. The molecular weight excluding hydrogens is 332 g/mol. The van der Waals surface area contributed by atoms with Crippen LogP contribution in [0.1, 0.15) is 12.8 Å². The molecule has 0 bridgehead atoms. The van der Waals surface area contributed by atoms with Crippen molar-refractivity contribution in [3.8, 4) is 10.4 Å². The molecule has 1 N–H and O–H groups in total. The number of carbonyl (C=O) groups excluding carboxylic acids is 1. The molecule has 25 heavy (non-hydrogen) atoms. The Morgan fingerprint density at radius 3 is 2.92 bits per heavy atom. The summed E-state index contributed by atoms with van der Waals surface area (Å²) in [7, 11) is 1.70. The van der Waals surface area contributed by atoms with Gasteiger partial charge >= 0.3 is 0 Å². The summed E-state index contributed by atoms with van der Waals surface area (Å²) in [6, 6.07) is 12.5. The molecule has 5 nitrogen and oxygen atoms in total. The van der Waals surface area contributed by atoms with Crippen LogP contribution in [0.2, 0.25) is 0 Å². The second-order valence-electron chi connectivity index (χ2n) is 6.29. The lowest BCUT2D eigenvalue weighted by Crippen LogP contribution is -2.42. The monoisotopic (exact) mass is 352 g/mol. The molecule has 128 valence electrons. The summed E-state index contributed by atoms with van der Waals surface area (Å²) in [4.78, 5) is 25.4. The molecule has 0 radical (unpaired) electrons. The van der Waals surface area contributed by atoms with Crippen LogP contribution in [0.15, 0.2) is 42.7 Å². The number of benzene rings is 1. The van der Waals surface area contributed by atoms with Gasteiger partial charge in [-0.1, -0.05) is 30.3 Å². The minimum absolute atomic E-state index is 0.0241. The van der Waals surface area contributed by atoms with Crippen molar-refractivity contribution in [3.63, 3.8) is 0 Å². The van der Waals surface area contributed by atoms with E-state index in [9.17, 15) is 4.79 Å². The van der Waals surface area contributed by atoms with Gasteiger partial charge in [0, 0.05) is 25.0 Å². The first-order chi connectivity index (χ1) is 12.3. The van der Waals surface area contributed by atoms with Crippen molar-refractivity contribution in [2.45, 2.75) is 12.8 Å². The Hall–Kier alpha value is -2.47. The van der Waals surface area contributed by atoms with Gasteiger partial charge < -0.3 is 10.2 Å². The van der Waals surface area contributed by atoms with Gasteiger partial charge in [0.15, 0.2) is 0 Å². The van der Waals surface area contributed by atoms with E-state index in [1.165, 1.54) is 10.4 Å². The molecular formula is C19H20N4OS. The lowest BCUT2D eigenvalue weighted by molar-refractivity contribution is -0.124. The van der Waals surface area contributed by atoms with Crippen LogP contribution >= 0.6 is 11.3 Å². The maximum atomic E-state index is 12.0. The molecule has 4 rings (SSSR count).